The smallest absolute Gasteiger partial charge is 0.408 e. The van der Waals surface area contributed by atoms with Gasteiger partial charge >= 0.3 is 12.1 Å². The highest BCUT2D eigenvalue weighted by atomic mass is 32.1. The van der Waals surface area contributed by atoms with E-state index in [2.05, 4.69) is 29.6 Å². The van der Waals surface area contributed by atoms with Crippen molar-refractivity contribution in [3.63, 3.8) is 0 Å². The number of hydrogen-bond donors (Lipinski definition) is 2. The van der Waals surface area contributed by atoms with Crippen LogP contribution < -0.4 is 5.32 Å². The van der Waals surface area contributed by atoms with Gasteiger partial charge in [-0.15, -0.1) is 11.3 Å². The number of aliphatic carboxylic acids is 1. The fourth-order valence-electron chi connectivity index (χ4n) is 4.96. The fraction of sp³-hybridized carbons (Fsp3) is 0.296. The van der Waals surface area contributed by atoms with E-state index in [1.54, 1.807) is 18.0 Å². The quantitative estimate of drug-likeness (QED) is 0.503. The lowest BCUT2D eigenvalue weighted by Crippen LogP contribution is -2.51. The third-order valence-corrected chi connectivity index (χ3v) is 7.98. The zero-order valence-electron chi connectivity index (χ0n) is 19.2. The summed E-state index contributed by atoms with van der Waals surface area (Å²) in [5.41, 5.74) is 4.52. The van der Waals surface area contributed by atoms with Gasteiger partial charge in [0.1, 0.15) is 12.6 Å². The van der Waals surface area contributed by atoms with Gasteiger partial charge in [-0.2, -0.15) is 0 Å². The third kappa shape index (κ3) is 4.41. The number of rotatable bonds is 7. The molecule has 8 heteroatoms. The van der Waals surface area contributed by atoms with Crippen molar-refractivity contribution in [3.05, 3.63) is 82.0 Å². The summed E-state index contributed by atoms with van der Waals surface area (Å²) in [5, 5.41) is 13.7. The summed E-state index contributed by atoms with van der Waals surface area (Å²) in [6.07, 6.45) is 0.170. The first-order valence-corrected chi connectivity index (χ1v) is 12.5. The maximum Gasteiger partial charge on any atom is 0.408 e. The Bertz CT molecular complexity index is 1210. The molecule has 2 aliphatic rings. The van der Waals surface area contributed by atoms with E-state index in [0.717, 1.165) is 22.3 Å². The minimum Gasteiger partial charge on any atom is -0.481 e. The van der Waals surface area contributed by atoms with Gasteiger partial charge in [-0.25, -0.2) is 4.79 Å². The predicted molar refractivity (Wildman–Crippen MR) is 132 cm³/mol. The average Bonchev–Trinajstić information content (AvgIpc) is 3.46. The van der Waals surface area contributed by atoms with Crippen molar-refractivity contribution < 1.29 is 24.2 Å². The van der Waals surface area contributed by atoms with Gasteiger partial charge in [0.2, 0.25) is 0 Å². The van der Waals surface area contributed by atoms with Crippen LogP contribution in [0.5, 0.6) is 0 Å². The molecule has 1 fully saturated rings. The Morgan fingerprint density at radius 1 is 1.03 bits per heavy atom. The Kier molecular flexibility index (Phi) is 6.30. The molecule has 0 bridgehead atoms. The third-order valence-electron chi connectivity index (χ3n) is 7.04. The average molecular weight is 491 g/mol. The number of benzene rings is 2. The van der Waals surface area contributed by atoms with Crippen LogP contribution in [0.2, 0.25) is 0 Å². The van der Waals surface area contributed by atoms with E-state index in [0.29, 0.717) is 17.7 Å². The normalized spacial score (nSPS) is 19.1. The van der Waals surface area contributed by atoms with Crippen LogP contribution in [0.4, 0.5) is 4.79 Å². The minimum absolute atomic E-state index is 0.0744. The van der Waals surface area contributed by atoms with Crippen molar-refractivity contribution in [2.45, 2.75) is 30.8 Å². The Labute approximate surface area is 207 Å². The summed E-state index contributed by atoms with van der Waals surface area (Å²) < 4.78 is 5.65. The zero-order valence-corrected chi connectivity index (χ0v) is 20.0. The molecule has 1 saturated carbocycles. The van der Waals surface area contributed by atoms with Crippen LogP contribution in [0.25, 0.3) is 11.1 Å². The van der Waals surface area contributed by atoms with Gasteiger partial charge in [-0.05, 0) is 46.5 Å². The number of likely N-dealkylation sites (N-methyl/N-ethyl adjacent to an activating group) is 1. The first-order chi connectivity index (χ1) is 16.9. The molecule has 2 amide bonds. The highest BCUT2D eigenvalue weighted by Crippen LogP contribution is 2.44. The molecule has 1 heterocycles. The Morgan fingerprint density at radius 3 is 2.23 bits per heavy atom. The van der Waals surface area contributed by atoms with Crippen molar-refractivity contribution in [1.29, 1.82) is 0 Å². The number of ether oxygens (including phenoxy) is 1. The number of carbonyl (C=O) groups is 3. The Hall–Kier alpha value is -3.65. The lowest BCUT2D eigenvalue weighted by Gasteiger charge is -2.40. The minimum atomic E-state index is -0.889. The van der Waals surface area contributed by atoms with E-state index < -0.39 is 24.0 Å². The number of fused-ring (bicyclic) bond motifs is 3. The highest BCUT2D eigenvalue weighted by Gasteiger charge is 2.40. The first-order valence-electron chi connectivity index (χ1n) is 11.6. The molecule has 7 nitrogen and oxygen atoms in total. The first kappa shape index (κ1) is 23.1. The number of thiophene rings is 1. The van der Waals surface area contributed by atoms with Crippen LogP contribution in [0.3, 0.4) is 0 Å². The van der Waals surface area contributed by atoms with E-state index >= 15 is 0 Å². The number of carbonyl (C=O) groups excluding carboxylic acids is 2. The topological polar surface area (TPSA) is 95.9 Å². The molecule has 2 aromatic carbocycles. The van der Waals surface area contributed by atoms with Crippen LogP contribution in [0.1, 0.15) is 40.8 Å². The summed E-state index contributed by atoms with van der Waals surface area (Å²) >= 11 is 1.37. The molecule has 0 spiro atoms. The van der Waals surface area contributed by atoms with Crippen LogP contribution in [-0.2, 0) is 14.3 Å². The van der Waals surface area contributed by atoms with Crippen molar-refractivity contribution in [3.8, 4) is 11.1 Å². The van der Waals surface area contributed by atoms with Crippen LogP contribution in [0.15, 0.2) is 66.0 Å². The van der Waals surface area contributed by atoms with E-state index in [4.69, 9.17) is 9.84 Å². The number of alkyl carbamates (subject to hydrolysis) is 1. The summed E-state index contributed by atoms with van der Waals surface area (Å²) in [6, 6.07) is 18.8. The predicted octanol–water partition coefficient (Wildman–Crippen LogP) is 4.65. The molecule has 0 aliphatic heterocycles. The van der Waals surface area contributed by atoms with E-state index in [-0.39, 0.29) is 24.5 Å². The summed E-state index contributed by atoms with van der Waals surface area (Å²) in [6.45, 7) is 0.157. The maximum atomic E-state index is 13.3. The SMILES string of the molecule is CN(C(=O)C(NC(=O)OCC1c2ccccc2-c2ccccc21)c1cccs1)C1CC(C(=O)O)C1. The highest BCUT2D eigenvalue weighted by molar-refractivity contribution is 7.10. The van der Waals surface area contributed by atoms with Crippen LogP contribution in [0, 0.1) is 5.92 Å². The number of nitrogens with zero attached hydrogens (tertiary/aromatic N) is 1. The summed E-state index contributed by atoms with van der Waals surface area (Å²) in [7, 11) is 1.66. The molecule has 1 unspecified atom stereocenters. The van der Waals surface area contributed by atoms with Crippen molar-refractivity contribution >= 4 is 29.3 Å². The number of amides is 2. The van der Waals surface area contributed by atoms with Gasteiger partial charge in [0, 0.05) is 23.9 Å². The van der Waals surface area contributed by atoms with Crippen molar-refractivity contribution in [1.82, 2.24) is 10.2 Å². The van der Waals surface area contributed by atoms with Crippen LogP contribution >= 0.6 is 11.3 Å². The van der Waals surface area contributed by atoms with Gasteiger partial charge in [-0.3, -0.25) is 9.59 Å². The molecule has 1 aromatic heterocycles. The molecular formula is C27H26N2O5S. The van der Waals surface area contributed by atoms with Gasteiger partial charge in [0.05, 0.1) is 5.92 Å². The van der Waals surface area contributed by atoms with Gasteiger partial charge in [0.25, 0.3) is 5.91 Å². The Balaban J connectivity index is 1.27. The summed E-state index contributed by atoms with van der Waals surface area (Å²) in [4.78, 5) is 39.6. The molecule has 3 aromatic rings. The largest absolute Gasteiger partial charge is 0.481 e. The lowest BCUT2D eigenvalue weighted by atomic mass is 9.79. The molecule has 180 valence electrons. The van der Waals surface area contributed by atoms with Crippen molar-refractivity contribution in [2.75, 3.05) is 13.7 Å². The standard InChI is InChI=1S/C27H26N2O5S/c1-29(17-13-16(14-17)26(31)32)25(30)24(23-11-6-12-35-23)28-27(33)34-15-22-20-9-4-2-7-18(20)19-8-3-5-10-21(19)22/h2-12,16-17,22,24H,13-15H2,1H3,(H,28,33)(H,31,32). The second-order valence-electron chi connectivity index (χ2n) is 9.03. The van der Waals surface area contributed by atoms with E-state index in [9.17, 15) is 14.4 Å². The number of carboxylic acid groups (broad SMARTS) is 1. The summed E-state index contributed by atoms with van der Waals surface area (Å²) in [5.74, 6) is -1.62. The monoisotopic (exact) mass is 490 g/mol. The van der Waals surface area contributed by atoms with E-state index in [1.165, 1.54) is 11.3 Å². The molecule has 1 atom stereocenters. The van der Waals surface area contributed by atoms with Gasteiger partial charge < -0.3 is 20.1 Å². The van der Waals surface area contributed by atoms with Crippen LogP contribution in [-0.4, -0.2) is 47.7 Å². The van der Waals surface area contributed by atoms with Gasteiger partial charge in [-0.1, -0.05) is 54.6 Å². The fourth-order valence-corrected chi connectivity index (χ4v) is 5.72. The molecular weight excluding hydrogens is 464 g/mol. The second-order valence-corrected chi connectivity index (χ2v) is 10.0. The molecule has 0 saturated heterocycles. The molecule has 5 rings (SSSR count). The van der Waals surface area contributed by atoms with E-state index in [1.807, 2.05) is 35.7 Å². The molecule has 35 heavy (non-hydrogen) atoms. The van der Waals surface area contributed by atoms with Gasteiger partial charge in [0.15, 0.2) is 0 Å². The lowest BCUT2D eigenvalue weighted by molar-refractivity contribution is -0.150. The number of nitrogens with one attached hydrogen (secondary N) is 1. The molecule has 2 N–H and O–H groups in total. The number of carboxylic acids is 1. The zero-order chi connectivity index (χ0) is 24.5. The van der Waals surface area contributed by atoms with Crippen molar-refractivity contribution in [2.24, 2.45) is 5.92 Å². The maximum absolute atomic E-state index is 13.3. The molecule has 0 radical (unpaired) electrons. The molecule has 2 aliphatic carbocycles. The Morgan fingerprint density at radius 2 is 1.66 bits per heavy atom. The number of hydrogen-bond acceptors (Lipinski definition) is 5. The second kappa shape index (κ2) is 9.54.